The molecule has 2 N–H and O–H groups in total. The maximum atomic E-state index is 11.9. The van der Waals surface area contributed by atoms with Gasteiger partial charge in [0.25, 0.3) is 11.6 Å². The Bertz CT molecular complexity index is 527. The zero-order valence-corrected chi connectivity index (χ0v) is 10.5. The lowest BCUT2D eigenvalue weighted by atomic mass is 10.1. The molecule has 0 saturated heterocycles. The van der Waals surface area contributed by atoms with Crippen LogP contribution in [0.5, 0.6) is 0 Å². The first-order valence-electron chi connectivity index (χ1n) is 5.65. The van der Waals surface area contributed by atoms with E-state index in [-0.39, 0.29) is 17.7 Å². The standard InChI is InChI=1S/C12H14N2O5/c1-3-10(12(16)17)13-11(15)9-6-8(14(18)19)5-4-7(9)2/h4-6,10H,3H2,1-2H3,(H,13,15)(H,16,17). The van der Waals surface area contributed by atoms with Crippen molar-refractivity contribution >= 4 is 17.6 Å². The Kier molecular flexibility index (Phi) is 4.57. The number of nitrogens with one attached hydrogen (secondary N) is 1. The number of amides is 1. The molecule has 0 aliphatic rings. The predicted molar refractivity (Wildman–Crippen MR) is 67.0 cm³/mol. The molecular formula is C12H14N2O5. The lowest BCUT2D eigenvalue weighted by molar-refractivity contribution is -0.384. The van der Waals surface area contributed by atoms with Crippen LogP contribution < -0.4 is 5.32 Å². The number of hydrogen-bond acceptors (Lipinski definition) is 4. The first kappa shape index (κ1) is 14.6. The van der Waals surface area contributed by atoms with Gasteiger partial charge in [0.15, 0.2) is 0 Å². The lowest BCUT2D eigenvalue weighted by Gasteiger charge is -2.13. The quantitative estimate of drug-likeness (QED) is 0.619. The van der Waals surface area contributed by atoms with Gasteiger partial charge in [0.2, 0.25) is 0 Å². The van der Waals surface area contributed by atoms with Crippen LogP contribution in [-0.2, 0) is 4.79 Å². The number of aryl methyl sites for hydroxylation is 1. The lowest BCUT2D eigenvalue weighted by Crippen LogP contribution is -2.40. The van der Waals surface area contributed by atoms with Crippen LogP contribution in [-0.4, -0.2) is 27.9 Å². The molecule has 0 aliphatic heterocycles. The minimum Gasteiger partial charge on any atom is -0.480 e. The molecule has 0 aliphatic carbocycles. The van der Waals surface area contributed by atoms with E-state index in [0.29, 0.717) is 5.56 Å². The molecule has 102 valence electrons. The molecular weight excluding hydrogens is 252 g/mol. The van der Waals surface area contributed by atoms with Crippen molar-refractivity contribution in [1.29, 1.82) is 0 Å². The molecule has 7 heteroatoms. The molecule has 1 unspecified atom stereocenters. The Morgan fingerprint density at radius 1 is 1.47 bits per heavy atom. The Morgan fingerprint density at radius 3 is 2.58 bits per heavy atom. The maximum Gasteiger partial charge on any atom is 0.326 e. The van der Waals surface area contributed by atoms with Crippen molar-refractivity contribution in [2.45, 2.75) is 26.3 Å². The van der Waals surface area contributed by atoms with Gasteiger partial charge in [0.1, 0.15) is 6.04 Å². The molecule has 1 atom stereocenters. The van der Waals surface area contributed by atoms with E-state index in [1.54, 1.807) is 13.8 Å². The molecule has 1 amide bonds. The number of hydrogen-bond donors (Lipinski definition) is 2. The third-order valence-corrected chi connectivity index (χ3v) is 2.69. The van der Waals surface area contributed by atoms with Crippen LogP contribution in [0.25, 0.3) is 0 Å². The van der Waals surface area contributed by atoms with E-state index in [1.807, 2.05) is 0 Å². The second-order valence-corrected chi connectivity index (χ2v) is 4.03. The number of nitrogens with zero attached hydrogens (tertiary/aromatic N) is 1. The fourth-order valence-electron chi connectivity index (χ4n) is 1.54. The van der Waals surface area contributed by atoms with Crippen LogP contribution in [0, 0.1) is 17.0 Å². The Balaban J connectivity index is 3.02. The summed E-state index contributed by atoms with van der Waals surface area (Å²) in [5.41, 5.74) is 0.441. The van der Waals surface area contributed by atoms with Gasteiger partial charge in [-0.3, -0.25) is 14.9 Å². The average molecular weight is 266 g/mol. The number of benzene rings is 1. The molecule has 1 rings (SSSR count). The minimum atomic E-state index is -1.14. The number of aliphatic carboxylic acids is 1. The van der Waals surface area contributed by atoms with Gasteiger partial charge < -0.3 is 10.4 Å². The fraction of sp³-hybridized carbons (Fsp3) is 0.333. The molecule has 0 bridgehead atoms. The summed E-state index contributed by atoms with van der Waals surface area (Å²) >= 11 is 0. The molecule has 7 nitrogen and oxygen atoms in total. The van der Waals surface area contributed by atoms with Gasteiger partial charge >= 0.3 is 5.97 Å². The number of rotatable bonds is 5. The van der Waals surface area contributed by atoms with Crippen LogP contribution in [0.3, 0.4) is 0 Å². The summed E-state index contributed by atoms with van der Waals surface area (Å²) in [6.07, 6.45) is 0.231. The van der Waals surface area contributed by atoms with Gasteiger partial charge in [-0.2, -0.15) is 0 Å². The number of nitro groups is 1. The average Bonchev–Trinajstić information content (AvgIpc) is 2.35. The van der Waals surface area contributed by atoms with E-state index in [0.717, 1.165) is 6.07 Å². The number of carbonyl (C=O) groups excluding carboxylic acids is 1. The summed E-state index contributed by atoms with van der Waals surface area (Å²) < 4.78 is 0. The van der Waals surface area contributed by atoms with Gasteiger partial charge in [-0.05, 0) is 18.9 Å². The van der Waals surface area contributed by atoms with Gasteiger partial charge in [-0.1, -0.05) is 13.0 Å². The minimum absolute atomic E-state index is 0.105. The van der Waals surface area contributed by atoms with Gasteiger partial charge in [0, 0.05) is 17.7 Å². The molecule has 0 saturated carbocycles. The third kappa shape index (κ3) is 3.51. The van der Waals surface area contributed by atoms with Crippen LogP contribution in [0.15, 0.2) is 18.2 Å². The van der Waals surface area contributed by atoms with E-state index in [4.69, 9.17) is 5.11 Å². The van der Waals surface area contributed by atoms with Gasteiger partial charge in [0.05, 0.1) is 4.92 Å². The zero-order chi connectivity index (χ0) is 14.6. The van der Waals surface area contributed by atoms with Crippen LogP contribution in [0.2, 0.25) is 0 Å². The van der Waals surface area contributed by atoms with E-state index in [9.17, 15) is 19.7 Å². The van der Waals surface area contributed by atoms with Crippen molar-refractivity contribution in [3.05, 3.63) is 39.4 Å². The number of nitro benzene ring substituents is 1. The van der Waals surface area contributed by atoms with Crippen molar-refractivity contribution < 1.29 is 19.6 Å². The van der Waals surface area contributed by atoms with E-state index in [2.05, 4.69) is 5.32 Å². The Labute approximate surface area is 109 Å². The molecule has 0 radical (unpaired) electrons. The second-order valence-electron chi connectivity index (χ2n) is 4.03. The molecule has 1 aromatic rings. The normalized spacial score (nSPS) is 11.7. The summed E-state index contributed by atoms with van der Waals surface area (Å²) in [6.45, 7) is 3.25. The molecule has 0 aromatic heterocycles. The highest BCUT2D eigenvalue weighted by Crippen LogP contribution is 2.17. The zero-order valence-electron chi connectivity index (χ0n) is 10.5. The summed E-state index contributed by atoms with van der Waals surface area (Å²) in [7, 11) is 0. The monoisotopic (exact) mass is 266 g/mol. The molecule has 0 spiro atoms. The Morgan fingerprint density at radius 2 is 2.11 bits per heavy atom. The van der Waals surface area contributed by atoms with E-state index in [1.165, 1.54) is 12.1 Å². The van der Waals surface area contributed by atoms with Crippen LogP contribution in [0.4, 0.5) is 5.69 Å². The Hall–Kier alpha value is -2.44. The first-order chi connectivity index (χ1) is 8.86. The van der Waals surface area contributed by atoms with Crippen LogP contribution >= 0.6 is 0 Å². The van der Waals surface area contributed by atoms with Gasteiger partial charge in [-0.25, -0.2) is 4.79 Å². The second kappa shape index (κ2) is 5.94. The summed E-state index contributed by atoms with van der Waals surface area (Å²) in [5, 5.41) is 21.8. The maximum absolute atomic E-state index is 11.9. The summed E-state index contributed by atoms with van der Waals surface area (Å²) in [5.74, 6) is -1.77. The van der Waals surface area contributed by atoms with Crippen molar-refractivity contribution in [1.82, 2.24) is 5.32 Å². The molecule has 19 heavy (non-hydrogen) atoms. The third-order valence-electron chi connectivity index (χ3n) is 2.69. The van der Waals surface area contributed by atoms with Crippen molar-refractivity contribution in [2.24, 2.45) is 0 Å². The number of carbonyl (C=O) groups is 2. The SMILES string of the molecule is CCC(NC(=O)c1cc([N+](=O)[O-])ccc1C)C(=O)O. The van der Waals surface area contributed by atoms with E-state index >= 15 is 0 Å². The van der Waals surface area contributed by atoms with Crippen molar-refractivity contribution in [3.63, 3.8) is 0 Å². The van der Waals surface area contributed by atoms with Crippen molar-refractivity contribution in [2.75, 3.05) is 0 Å². The van der Waals surface area contributed by atoms with E-state index < -0.39 is 22.8 Å². The number of carboxylic acid groups (broad SMARTS) is 1. The van der Waals surface area contributed by atoms with Crippen LogP contribution in [0.1, 0.15) is 29.3 Å². The molecule has 0 heterocycles. The number of non-ortho nitro benzene ring substituents is 1. The highest BCUT2D eigenvalue weighted by atomic mass is 16.6. The predicted octanol–water partition coefficient (Wildman–Crippen LogP) is 1.50. The highest BCUT2D eigenvalue weighted by Gasteiger charge is 2.21. The first-order valence-corrected chi connectivity index (χ1v) is 5.65. The summed E-state index contributed by atoms with van der Waals surface area (Å²) in [4.78, 5) is 32.8. The largest absolute Gasteiger partial charge is 0.480 e. The molecule has 1 aromatic carbocycles. The summed E-state index contributed by atoms with van der Waals surface area (Å²) in [6, 6.07) is 2.88. The molecule has 0 fully saturated rings. The topological polar surface area (TPSA) is 110 Å². The number of carboxylic acids is 1. The smallest absolute Gasteiger partial charge is 0.326 e. The van der Waals surface area contributed by atoms with Gasteiger partial charge in [-0.15, -0.1) is 0 Å². The highest BCUT2D eigenvalue weighted by molar-refractivity contribution is 5.98. The van der Waals surface area contributed by atoms with Crippen molar-refractivity contribution in [3.8, 4) is 0 Å². The fourth-order valence-corrected chi connectivity index (χ4v) is 1.54.